The van der Waals surface area contributed by atoms with Crippen molar-refractivity contribution in [1.82, 2.24) is 4.90 Å². The number of benzene rings is 1. The van der Waals surface area contributed by atoms with Crippen molar-refractivity contribution in [3.05, 3.63) is 24.3 Å². The summed E-state index contributed by atoms with van der Waals surface area (Å²) >= 11 is 0. The molecule has 0 amide bonds. The summed E-state index contributed by atoms with van der Waals surface area (Å²) in [6, 6.07) is 8.29. The molecule has 1 aromatic carbocycles. The van der Waals surface area contributed by atoms with Crippen LogP contribution in [0.1, 0.15) is 39.5 Å². The van der Waals surface area contributed by atoms with E-state index in [0.29, 0.717) is 5.92 Å². The molecule has 174 valence electrons. The molecule has 0 radical (unpaired) electrons. The van der Waals surface area contributed by atoms with Crippen LogP contribution in [0.15, 0.2) is 24.3 Å². The molecular formula is C26H36N2O4. The third-order valence-electron chi connectivity index (χ3n) is 9.46. The van der Waals surface area contributed by atoms with Gasteiger partial charge in [-0.25, -0.2) is 0 Å². The van der Waals surface area contributed by atoms with E-state index in [1.165, 1.54) is 24.9 Å². The molecule has 32 heavy (non-hydrogen) atoms. The molecule has 0 aromatic heterocycles. The summed E-state index contributed by atoms with van der Waals surface area (Å²) in [4.78, 5) is 17.9. The molecule has 3 aliphatic heterocycles. The fourth-order valence-corrected chi connectivity index (χ4v) is 7.70. The third kappa shape index (κ3) is 2.95. The van der Waals surface area contributed by atoms with Crippen LogP contribution in [0.3, 0.4) is 0 Å². The van der Waals surface area contributed by atoms with Gasteiger partial charge in [-0.3, -0.25) is 9.69 Å². The zero-order valence-electron chi connectivity index (χ0n) is 19.6. The van der Waals surface area contributed by atoms with Crippen molar-refractivity contribution in [2.45, 2.75) is 57.3 Å². The number of hydrogen-bond acceptors (Lipinski definition) is 6. The summed E-state index contributed by atoms with van der Waals surface area (Å²) in [5.74, 6) is 1.67. The zero-order valence-corrected chi connectivity index (χ0v) is 19.6. The van der Waals surface area contributed by atoms with Gasteiger partial charge in [-0.1, -0.05) is 20.3 Å². The Morgan fingerprint density at radius 2 is 1.91 bits per heavy atom. The normalized spacial score (nSPS) is 43.2. The molecule has 0 bridgehead atoms. The highest BCUT2D eigenvalue weighted by molar-refractivity contribution is 5.76. The fourth-order valence-electron chi connectivity index (χ4n) is 7.70. The monoisotopic (exact) mass is 440 g/mol. The first kappa shape index (κ1) is 20.8. The highest BCUT2D eigenvalue weighted by Crippen LogP contribution is 2.70. The first-order valence-corrected chi connectivity index (χ1v) is 12.4. The lowest BCUT2D eigenvalue weighted by Gasteiger charge is -2.49. The Kier molecular flexibility index (Phi) is 4.78. The van der Waals surface area contributed by atoms with Crippen LogP contribution in [0, 0.1) is 23.2 Å². The maximum absolute atomic E-state index is 13.0. The van der Waals surface area contributed by atoms with E-state index < -0.39 is 0 Å². The molecule has 1 aromatic rings. The molecule has 3 heterocycles. The summed E-state index contributed by atoms with van der Waals surface area (Å²) in [6.07, 6.45) is 4.94. The Hall–Kier alpha value is -1.79. The first-order chi connectivity index (χ1) is 15.4. The van der Waals surface area contributed by atoms with E-state index in [-0.39, 0.29) is 41.0 Å². The largest absolute Gasteiger partial charge is 0.497 e. The van der Waals surface area contributed by atoms with Crippen molar-refractivity contribution < 1.29 is 19.0 Å². The Labute approximate surface area is 191 Å². The molecule has 3 saturated heterocycles. The highest BCUT2D eigenvalue weighted by Gasteiger charge is 2.78. The van der Waals surface area contributed by atoms with Gasteiger partial charge in [0.25, 0.3) is 0 Å². The van der Waals surface area contributed by atoms with Crippen LogP contribution in [0.5, 0.6) is 5.75 Å². The number of ether oxygens (including phenoxy) is 3. The Morgan fingerprint density at radius 3 is 2.62 bits per heavy atom. The van der Waals surface area contributed by atoms with E-state index in [2.05, 4.69) is 35.8 Å². The fraction of sp³-hybridized carbons (Fsp3) is 0.731. The molecule has 0 unspecified atom stereocenters. The smallest absolute Gasteiger partial charge is 0.311 e. The van der Waals surface area contributed by atoms with Crippen molar-refractivity contribution in [3.63, 3.8) is 0 Å². The second-order valence-electron chi connectivity index (χ2n) is 11.0. The van der Waals surface area contributed by atoms with Crippen molar-refractivity contribution in [1.29, 1.82) is 0 Å². The lowest BCUT2D eigenvalue weighted by Crippen LogP contribution is -2.55. The van der Waals surface area contributed by atoms with E-state index in [1.807, 2.05) is 12.1 Å². The van der Waals surface area contributed by atoms with E-state index in [4.69, 9.17) is 14.2 Å². The number of piperazine rings is 1. The van der Waals surface area contributed by atoms with Gasteiger partial charge in [0.1, 0.15) is 17.5 Å². The number of nitrogens with zero attached hydrogens (tertiary/aromatic N) is 2. The predicted molar refractivity (Wildman–Crippen MR) is 122 cm³/mol. The minimum atomic E-state index is -0.0458. The van der Waals surface area contributed by atoms with Gasteiger partial charge in [-0.05, 0) is 49.4 Å². The maximum Gasteiger partial charge on any atom is 0.311 e. The van der Waals surface area contributed by atoms with Crippen LogP contribution in [-0.4, -0.2) is 68.5 Å². The van der Waals surface area contributed by atoms with Gasteiger partial charge in [0.2, 0.25) is 0 Å². The average molecular weight is 441 g/mol. The lowest BCUT2D eigenvalue weighted by molar-refractivity contribution is -0.146. The van der Waals surface area contributed by atoms with Crippen molar-refractivity contribution in [2.75, 3.05) is 44.7 Å². The summed E-state index contributed by atoms with van der Waals surface area (Å²) in [5, 5.41) is 0. The summed E-state index contributed by atoms with van der Waals surface area (Å²) < 4.78 is 17.9. The molecule has 0 N–H and O–H groups in total. The Bertz CT molecular complexity index is 882. The SMILES string of the molecule is COc1ccc(N2CCN(C[C@@H]3C(=O)O[C@@H]4C[C@]5(C)CCC[C@@H](C)[C@]56O[C@H]6[C@@H]34)CC2)cc1. The van der Waals surface area contributed by atoms with Crippen LogP contribution in [-0.2, 0) is 14.3 Å². The van der Waals surface area contributed by atoms with Gasteiger partial charge in [-0.15, -0.1) is 0 Å². The Morgan fingerprint density at radius 1 is 1.16 bits per heavy atom. The minimum absolute atomic E-state index is 0.00822. The number of esters is 1. The van der Waals surface area contributed by atoms with Crippen LogP contribution in [0.2, 0.25) is 0 Å². The molecule has 2 aliphatic carbocycles. The number of carbonyl (C=O) groups is 1. The second kappa shape index (κ2) is 7.36. The van der Waals surface area contributed by atoms with Gasteiger partial charge in [0.05, 0.1) is 19.1 Å². The van der Waals surface area contributed by atoms with Crippen molar-refractivity contribution in [3.8, 4) is 5.75 Å². The molecule has 7 atom stereocenters. The van der Waals surface area contributed by atoms with E-state index in [0.717, 1.165) is 44.9 Å². The van der Waals surface area contributed by atoms with Crippen molar-refractivity contribution >= 4 is 11.7 Å². The number of rotatable bonds is 4. The topological polar surface area (TPSA) is 54.5 Å². The van der Waals surface area contributed by atoms with E-state index in [1.54, 1.807) is 7.11 Å². The number of methoxy groups -OCH3 is 1. The molecule has 6 rings (SSSR count). The predicted octanol–water partition coefficient (Wildman–Crippen LogP) is 3.34. The molecule has 1 spiro atoms. The molecule has 2 saturated carbocycles. The van der Waals surface area contributed by atoms with Gasteiger partial charge in [0, 0.05) is 49.7 Å². The van der Waals surface area contributed by atoms with Gasteiger partial charge < -0.3 is 19.1 Å². The van der Waals surface area contributed by atoms with Gasteiger partial charge >= 0.3 is 5.97 Å². The van der Waals surface area contributed by atoms with Crippen LogP contribution in [0.25, 0.3) is 0 Å². The van der Waals surface area contributed by atoms with E-state index >= 15 is 0 Å². The Balaban J connectivity index is 1.12. The highest BCUT2D eigenvalue weighted by atomic mass is 16.6. The number of epoxide rings is 1. The quantitative estimate of drug-likeness (QED) is 0.529. The second-order valence-corrected chi connectivity index (χ2v) is 11.0. The third-order valence-corrected chi connectivity index (χ3v) is 9.46. The summed E-state index contributed by atoms with van der Waals surface area (Å²) in [7, 11) is 1.70. The van der Waals surface area contributed by atoms with Gasteiger partial charge in [-0.2, -0.15) is 0 Å². The standard InChI is InChI=1S/C26H36N2O4/c1-17-5-4-10-25(2)15-21-22(23-26(17,25)32-23)20(24(29)31-21)16-27-11-13-28(14-12-27)18-6-8-19(30-3)9-7-18/h6-9,17,20-23H,4-5,10-16H2,1-3H3/t17-,20+,21-,22+,23+,25+,26-/m1/s1. The molecule has 5 fully saturated rings. The summed E-state index contributed by atoms with van der Waals surface area (Å²) in [6.45, 7) is 9.44. The van der Waals surface area contributed by atoms with Crippen LogP contribution < -0.4 is 9.64 Å². The first-order valence-electron chi connectivity index (χ1n) is 12.4. The van der Waals surface area contributed by atoms with Crippen molar-refractivity contribution in [2.24, 2.45) is 23.2 Å². The minimum Gasteiger partial charge on any atom is -0.497 e. The molecular weight excluding hydrogens is 404 g/mol. The van der Waals surface area contributed by atoms with Crippen LogP contribution in [0.4, 0.5) is 5.69 Å². The lowest BCUT2D eigenvalue weighted by atomic mass is 9.53. The molecule has 6 heteroatoms. The number of anilines is 1. The molecule has 5 aliphatic rings. The number of hydrogen-bond donors (Lipinski definition) is 0. The van der Waals surface area contributed by atoms with E-state index in [9.17, 15) is 4.79 Å². The van der Waals surface area contributed by atoms with Crippen LogP contribution >= 0.6 is 0 Å². The number of carbonyl (C=O) groups excluding carboxylic acids is 1. The van der Waals surface area contributed by atoms with Gasteiger partial charge in [0.15, 0.2) is 0 Å². The zero-order chi connectivity index (χ0) is 22.1. The molecule has 6 nitrogen and oxygen atoms in total. The summed E-state index contributed by atoms with van der Waals surface area (Å²) in [5.41, 5.74) is 1.39. The number of fused-ring (bicyclic) bond motifs is 2. The maximum atomic E-state index is 13.0. The average Bonchev–Trinajstić information content (AvgIpc) is 3.49.